The van der Waals surface area contributed by atoms with Crippen molar-refractivity contribution in [2.24, 2.45) is 22.7 Å². The maximum atomic E-state index is 15.0. The van der Waals surface area contributed by atoms with E-state index < -0.39 is 57.4 Å². The quantitative estimate of drug-likeness (QED) is 0.259. The zero-order valence-electron chi connectivity index (χ0n) is 27.5. The molecule has 1 aromatic heterocycles. The van der Waals surface area contributed by atoms with Gasteiger partial charge in [0, 0.05) is 36.0 Å². The summed E-state index contributed by atoms with van der Waals surface area (Å²) in [4.78, 5) is 40.1. The van der Waals surface area contributed by atoms with Crippen molar-refractivity contribution in [2.45, 2.75) is 84.3 Å². The van der Waals surface area contributed by atoms with Crippen LogP contribution in [-0.2, 0) is 31.1 Å². The predicted molar refractivity (Wildman–Crippen MR) is 167 cm³/mol. The Labute approximate surface area is 271 Å². The standard InChI is InChI=1S/C37H39F3O7/c1-20-17-25(41)13-15-33(5)27(20)14-16-34(6)30(33)28(46-32(43)36(44-7,37(38,39)40)24-11-9-8-10-12-24)18-21(2)35(34)19-26-29(47-35)22(3)23(4)45-31(26)42/h8-13,15,17-18,27-28,30H,14,16,19H2,1-7H3/t27-,28-,30+,33-,34+,35-,36+/m0/s1. The van der Waals surface area contributed by atoms with E-state index in [9.17, 15) is 27.6 Å². The second-order valence-corrected chi connectivity index (χ2v) is 13.9. The first-order valence-electron chi connectivity index (χ1n) is 15.8. The van der Waals surface area contributed by atoms with Crippen molar-refractivity contribution < 1.29 is 41.4 Å². The largest absolute Gasteiger partial charge is 0.481 e. The molecule has 0 N–H and O–H groups in total. The summed E-state index contributed by atoms with van der Waals surface area (Å²) in [6.07, 6.45) is 1.52. The van der Waals surface area contributed by atoms with Gasteiger partial charge in [-0.2, -0.15) is 13.2 Å². The Kier molecular flexibility index (Phi) is 7.58. The second-order valence-electron chi connectivity index (χ2n) is 13.9. The first-order valence-corrected chi connectivity index (χ1v) is 15.8. The lowest BCUT2D eigenvalue weighted by atomic mass is 9.42. The molecule has 3 aliphatic carbocycles. The molecule has 1 aromatic carbocycles. The molecule has 2 aromatic rings. The summed E-state index contributed by atoms with van der Waals surface area (Å²) in [5, 5.41) is 0. The Morgan fingerprint density at radius 2 is 1.72 bits per heavy atom. The number of allylic oxidation sites excluding steroid dienone is 4. The summed E-state index contributed by atoms with van der Waals surface area (Å²) in [6, 6.07) is 6.72. The topological polar surface area (TPSA) is 92.0 Å². The molecule has 1 spiro atoms. The normalized spacial score (nSPS) is 32.6. The number of carbonyl (C=O) groups is 2. The Morgan fingerprint density at radius 3 is 2.36 bits per heavy atom. The summed E-state index contributed by atoms with van der Waals surface area (Å²) in [5.74, 6) is -1.79. The molecule has 6 rings (SSSR count). The molecule has 10 heteroatoms. The Morgan fingerprint density at radius 1 is 1.04 bits per heavy atom. The van der Waals surface area contributed by atoms with E-state index in [0.29, 0.717) is 41.1 Å². The van der Waals surface area contributed by atoms with E-state index in [1.807, 2.05) is 33.8 Å². The number of halogens is 3. The number of ether oxygens (including phenoxy) is 3. The highest BCUT2D eigenvalue weighted by atomic mass is 19.4. The van der Waals surface area contributed by atoms with Gasteiger partial charge in [0.1, 0.15) is 23.2 Å². The summed E-state index contributed by atoms with van der Waals surface area (Å²) < 4.78 is 68.5. The van der Waals surface area contributed by atoms with Gasteiger partial charge in [0.05, 0.1) is 5.56 Å². The number of hydrogen-bond donors (Lipinski definition) is 0. The molecular formula is C37H39F3O7. The molecular weight excluding hydrogens is 613 g/mol. The van der Waals surface area contributed by atoms with Crippen molar-refractivity contribution in [1.29, 1.82) is 0 Å². The predicted octanol–water partition coefficient (Wildman–Crippen LogP) is 7.03. The van der Waals surface area contributed by atoms with Crippen molar-refractivity contribution in [3.8, 4) is 5.75 Å². The average Bonchev–Trinajstić information content (AvgIpc) is 3.38. The van der Waals surface area contributed by atoms with E-state index in [2.05, 4.69) is 0 Å². The number of esters is 1. The van der Waals surface area contributed by atoms with Gasteiger partial charge in [-0.15, -0.1) is 0 Å². The summed E-state index contributed by atoms with van der Waals surface area (Å²) in [7, 11) is 0.841. The van der Waals surface area contributed by atoms with E-state index in [1.54, 1.807) is 32.1 Å². The Bertz CT molecular complexity index is 1800. The van der Waals surface area contributed by atoms with Crippen molar-refractivity contribution in [1.82, 2.24) is 0 Å². The van der Waals surface area contributed by atoms with Gasteiger partial charge in [-0.3, -0.25) is 4.79 Å². The van der Waals surface area contributed by atoms with Crippen LogP contribution in [0.25, 0.3) is 0 Å². The molecule has 7 atom stereocenters. The van der Waals surface area contributed by atoms with Gasteiger partial charge < -0.3 is 18.6 Å². The van der Waals surface area contributed by atoms with Crippen LogP contribution in [0.3, 0.4) is 0 Å². The smallest absolute Gasteiger partial charge is 0.432 e. The number of hydrogen-bond acceptors (Lipinski definition) is 7. The van der Waals surface area contributed by atoms with Crippen LogP contribution in [0.15, 0.2) is 75.0 Å². The minimum Gasteiger partial charge on any atom is -0.481 e. The molecule has 250 valence electrons. The fourth-order valence-corrected chi connectivity index (χ4v) is 9.22. The molecule has 0 radical (unpaired) electrons. The highest BCUT2D eigenvalue weighted by Gasteiger charge is 2.71. The summed E-state index contributed by atoms with van der Waals surface area (Å²) in [5.41, 5.74) is -4.63. The molecule has 1 fully saturated rings. The monoisotopic (exact) mass is 652 g/mol. The van der Waals surface area contributed by atoms with Gasteiger partial charge in [-0.1, -0.05) is 55.8 Å². The van der Waals surface area contributed by atoms with Crippen LogP contribution in [-0.4, -0.2) is 36.7 Å². The lowest BCUT2D eigenvalue weighted by molar-refractivity contribution is -0.280. The number of carbonyl (C=O) groups excluding carboxylic acids is 2. The number of ketones is 1. The van der Waals surface area contributed by atoms with Crippen LogP contribution in [0.5, 0.6) is 5.75 Å². The highest BCUT2D eigenvalue weighted by Crippen LogP contribution is 2.68. The molecule has 4 aliphatic rings. The first kappa shape index (κ1) is 33.0. The molecule has 7 nitrogen and oxygen atoms in total. The summed E-state index contributed by atoms with van der Waals surface area (Å²) in [6.45, 7) is 11.2. The van der Waals surface area contributed by atoms with E-state index in [1.165, 1.54) is 30.3 Å². The molecule has 1 aliphatic heterocycles. The van der Waals surface area contributed by atoms with Crippen LogP contribution < -0.4 is 10.4 Å². The molecule has 2 heterocycles. The van der Waals surface area contributed by atoms with Crippen LogP contribution in [0.2, 0.25) is 0 Å². The fraction of sp³-hybridized carbons (Fsp3) is 0.486. The lowest BCUT2D eigenvalue weighted by Gasteiger charge is -2.64. The minimum absolute atomic E-state index is 0.175. The second kappa shape index (κ2) is 10.8. The van der Waals surface area contributed by atoms with Crippen LogP contribution in [0.4, 0.5) is 13.2 Å². The van der Waals surface area contributed by atoms with Gasteiger partial charge in [0.15, 0.2) is 5.78 Å². The molecule has 0 saturated heterocycles. The van der Waals surface area contributed by atoms with E-state index in [4.69, 9.17) is 18.6 Å². The molecule has 47 heavy (non-hydrogen) atoms. The summed E-state index contributed by atoms with van der Waals surface area (Å²) >= 11 is 0. The molecule has 0 amide bonds. The number of fused-ring (bicyclic) bond motifs is 5. The van der Waals surface area contributed by atoms with Gasteiger partial charge >= 0.3 is 17.8 Å². The fourth-order valence-electron chi connectivity index (χ4n) is 9.22. The number of alkyl halides is 3. The van der Waals surface area contributed by atoms with Crippen molar-refractivity contribution in [3.05, 3.63) is 98.7 Å². The average molecular weight is 653 g/mol. The third kappa shape index (κ3) is 4.46. The maximum absolute atomic E-state index is 15.0. The van der Waals surface area contributed by atoms with Crippen LogP contribution in [0, 0.1) is 36.5 Å². The van der Waals surface area contributed by atoms with Gasteiger partial charge in [-0.05, 0) is 75.7 Å². The SMILES string of the molecule is CO[C@@](C(=O)O[C@H]1C=C(C)[C@@]2(Cc3c(c(C)c(C)oc3=O)O2)[C@]2(C)CC[C@H]3C(C)=CC(=O)C=C[C@]3(C)[C@@H]12)(c1ccccc1)C(F)(F)F. The van der Waals surface area contributed by atoms with Crippen LogP contribution >= 0.6 is 0 Å². The third-order valence-electron chi connectivity index (χ3n) is 11.6. The maximum Gasteiger partial charge on any atom is 0.432 e. The van der Waals surface area contributed by atoms with Gasteiger partial charge in [0.25, 0.3) is 5.60 Å². The van der Waals surface area contributed by atoms with Gasteiger partial charge in [-0.25, -0.2) is 9.59 Å². The zero-order chi connectivity index (χ0) is 34.3. The van der Waals surface area contributed by atoms with Crippen molar-refractivity contribution >= 4 is 11.8 Å². The van der Waals surface area contributed by atoms with Gasteiger partial charge in [0.2, 0.25) is 0 Å². The van der Waals surface area contributed by atoms with Crippen LogP contribution in [0.1, 0.15) is 63.0 Å². The van der Waals surface area contributed by atoms with E-state index in [0.717, 1.165) is 12.7 Å². The number of aryl methyl sites for hydroxylation is 1. The number of methoxy groups -OCH3 is 1. The zero-order valence-corrected chi connectivity index (χ0v) is 27.5. The lowest BCUT2D eigenvalue weighted by Crippen LogP contribution is -2.67. The van der Waals surface area contributed by atoms with Crippen molar-refractivity contribution in [3.63, 3.8) is 0 Å². The number of rotatable bonds is 4. The van der Waals surface area contributed by atoms with E-state index >= 15 is 0 Å². The van der Waals surface area contributed by atoms with Crippen molar-refractivity contribution in [2.75, 3.05) is 7.11 Å². The Hall–Kier alpha value is -3.92. The number of benzene rings is 1. The third-order valence-corrected chi connectivity index (χ3v) is 11.6. The minimum atomic E-state index is -5.16. The van der Waals surface area contributed by atoms with E-state index in [-0.39, 0.29) is 18.1 Å². The molecule has 0 unspecified atom stereocenters. The molecule has 0 bridgehead atoms. The first-order chi connectivity index (χ1) is 22.0. The Balaban J connectivity index is 1.56. The molecule has 1 saturated carbocycles. The highest BCUT2D eigenvalue weighted by molar-refractivity contribution is 6.00.